The van der Waals surface area contributed by atoms with Crippen LogP contribution in [0.5, 0.6) is 0 Å². The van der Waals surface area contributed by atoms with Gasteiger partial charge >= 0.3 is 6.03 Å². The van der Waals surface area contributed by atoms with Crippen molar-refractivity contribution in [2.45, 2.75) is 44.2 Å². The minimum absolute atomic E-state index is 0.0785. The van der Waals surface area contributed by atoms with Gasteiger partial charge in [0.2, 0.25) is 15.9 Å². The van der Waals surface area contributed by atoms with Crippen molar-refractivity contribution in [1.29, 1.82) is 0 Å². The highest BCUT2D eigenvalue weighted by Gasteiger charge is 2.33. The molecule has 1 aliphatic heterocycles. The fraction of sp³-hybridized carbons (Fsp3) is 0.556. The molecule has 1 aromatic carbocycles. The van der Waals surface area contributed by atoms with Gasteiger partial charge in [-0.05, 0) is 39.8 Å². The molecule has 0 aromatic heterocycles. The lowest BCUT2D eigenvalue weighted by molar-refractivity contribution is -0.125. The minimum atomic E-state index is -3.69. The Kier molecular flexibility index (Phi) is 7.08. The maximum absolute atomic E-state index is 12.8. The Balaban J connectivity index is 1.95. The molecule has 1 fully saturated rings. The van der Waals surface area contributed by atoms with E-state index in [0.29, 0.717) is 13.1 Å². The third-order valence-electron chi connectivity index (χ3n) is 4.38. The molecule has 156 valence electrons. The Labute approximate surface area is 171 Å². The zero-order valence-electron chi connectivity index (χ0n) is 16.5. The summed E-state index contributed by atoms with van der Waals surface area (Å²) in [6.07, 6.45) is 0. The smallest absolute Gasteiger partial charge is 0.321 e. The summed E-state index contributed by atoms with van der Waals surface area (Å²) < 4.78 is 26.9. The second kappa shape index (κ2) is 8.77. The number of carbonyl (C=O) groups is 2. The maximum Gasteiger partial charge on any atom is 0.321 e. The number of nitrogens with zero attached hydrogens (tertiary/aromatic N) is 2. The van der Waals surface area contributed by atoms with Gasteiger partial charge in [0.1, 0.15) is 4.90 Å². The predicted molar refractivity (Wildman–Crippen MR) is 108 cm³/mol. The lowest BCUT2D eigenvalue weighted by atomic mass is 10.1. The van der Waals surface area contributed by atoms with Crippen LogP contribution in [-0.2, 0) is 14.8 Å². The van der Waals surface area contributed by atoms with E-state index in [-0.39, 0.29) is 23.0 Å². The van der Waals surface area contributed by atoms with Crippen LogP contribution in [0, 0.1) is 0 Å². The van der Waals surface area contributed by atoms with Crippen molar-refractivity contribution < 1.29 is 18.0 Å². The molecule has 1 aliphatic rings. The topological polar surface area (TPSA) is 98.8 Å². The SMILES string of the molecule is CC(C(=O)NC(=O)NC(C)(C)C)N1CCN(S(=O)(=O)c2ccccc2Cl)CC1. The van der Waals surface area contributed by atoms with Crippen molar-refractivity contribution >= 4 is 33.6 Å². The van der Waals surface area contributed by atoms with Crippen molar-refractivity contribution in [2.24, 2.45) is 0 Å². The normalized spacial score (nSPS) is 17.8. The largest absolute Gasteiger partial charge is 0.333 e. The number of hydrogen-bond acceptors (Lipinski definition) is 5. The first kappa shape index (κ1) is 22.6. The van der Waals surface area contributed by atoms with E-state index < -0.39 is 33.5 Å². The fourth-order valence-electron chi connectivity index (χ4n) is 2.88. The number of rotatable bonds is 4. The molecule has 1 aromatic rings. The molecule has 1 saturated heterocycles. The molecule has 8 nitrogen and oxygen atoms in total. The molecule has 0 spiro atoms. The van der Waals surface area contributed by atoms with Crippen LogP contribution in [-0.4, -0.2) is 67.3 Å². The number of urea groups is 1. The monoisotopic (exact) mass is 430 g/mol. The second-order valence-electron chi connectivity index (χ2n) is 7.74. The van der Waals surface area contributed by atoms with Gasteiger partial charge in [-0.15, -0.1) is 0 Å². The van der Waals surface area contributed by atoms with Crippen molar-refractivity contribution in [3.05, 3.63) is 29.3 Å². The Hall–Kier alpha value is -1.68. The molecule has 2 rings (SSSR count). The highest BCUT2D eigenvalue weighted by molar-refractivity contribution is 7.89. The first-order chi connectivity index (χ1) is 12.9. The molecule has 0 aliphatic carbocycles. The second-order valence-corrected chi connectivity index (χ2v) is 10.1. The van der Waals surface area contributed by atoms with E-state index in [1.807, 2.05) is 25.7 Å². The maximum atomic E-state index is 12.8. The number of sulfonamides is 1. The number of imide groups is 1. The van der Waals surface area contributed by atoms with Crippen LogP contribution in [0.1, 0.15) is 27.7 Å². The zero-order chi connectivity index (χ0) is 21.1. The van der Waals surface area contributed by atoms with Gasteiger partial charge in [0, 0.05) is 31.7 Å². The number of amides is 3. The first-order valence-corrected chi connectivity index (χ1v) is 10.9. The molecule has 10 heteroatoms. The highest BCUT2D eigenvalue weighted by atomic mass is 35.5. The molecule has 1 atom stereocenters. The van der Waals surface area contributed by atoms with Crippen molar-refractivity contribution in [1.82, 2.24) is 19.8 Å². The molecule has 1 unspecified atom stereocenters. The van der Waals surface area contributed by atoms with Crippen LogP contribution in [0.3, 0.4) is 0 Å². The molecule has 0 radical (unpaired) electrons. The summed E-state index contributed by atoms with van der Waals surface area (Å²) in [5.74, 6) is -0.427. The molecular formula is C18H27ClN4O4S. The number of piperazine rings is 1. The van der Waals surface area contributed by atoms with Crippen LogP contribution in [0.15, 0.2) is 29.2 Å². The van der Waals surface area contributed by atoms with Gasteiger partial charge in [-0.3, -0.25) is 15.0 Å². The van der Waals surface area contributed by atoms with E-state index in [1.54, 1.807) is 25.1 Å². The molecule has 0 saturated carbocycles. The molecule has 2 N–H and O–H groups in total. The van der Waals surface area contributed by atoms with Crippen LogP contribution in [0.25, 0.3) is 0 Å². The number of nitrogens with one attached hydrogen (secondary N) is 2. The van der Waals surface area contributed by atoms with Gasteiger partial charge < -0.3 is 5.32 Å². The van der Waals surface area contributed by atoms with E-state index in [4.69, 9.17) is 11.6 Å². The Morgan fingerprint density at radius 3 is 2.21 bits per heavy atom. The van der Waals surface area contributed by atoms with E-state index >= 15 is 0 Å². The zero-order valence-corrected chi connectivity index (χ0v) is 18.1. The molecule has 28 heavy (non-hydrogen) atoms. The Morgan fingerprint density at radius 2 is 1.68 bits per heavy atom. The molecular weight excluding hydrogens is 404 g/mol. The number of hydrogen-bond donors (Lipinski definition) is 2. The Morgan fingerprint density at radius 1 is 1.11 bits per heavy atom. The van der Waals surface area contributed by atoms with Gasteiger partial charge in [0.25, 0.3) is 0 Å². The lowest BCUT2D eigenvalue weighted by Crippen LogP contribution is -2.57. The van der Waals surface area contributed by atoms with Gasteiger partial charge in [-0.1, -0.05) is 23.7 Å². The number of halogens is 1. The summed E-state index contributed by atoms with van der Waals surface area (Å²) in [7, 11) is -3.69. The Bertz CT molecular complexity index is 830. The molecule has 0 bridgehead atoms. The average Bonchev–Trinajstić information content (AvgIpc) is 2.59. The minimum Gasteiger partial charge on any atom is -0.333 e. The van der Waals surface area contributed by atoms with Crippen molar-refractivity contribution in [3.63, 3.8) is 0 Å². The summed E-state index contributed by atoms with van der Waals surface area (Å²) in [5.41, 5.74) is -0.452. The summed E-state index contributed by atoms with van der Waals surface area (Å²) in [4.78, 5) is 26.1. The van der Waals surface area contributed by atoms with Crippen LogP contribution < -0.4 is 10.6 Å². The standard InChI is InChI=1S/C18H27ClN4O4S/c1-13(16(24)20-17(25)21-18(2,3)4)22-9-11-23(12-10-22)28(26,27)15-8-6-5-7-14(15)19/h5-8,13H,9-12H2,1-4H3,(H2,20,21,24,25). The van der Waals surface area contributed by atoms with Gasteiger partial charge in [0.15, 0.2) is 0 Å². The third-order valence-corrected chi connectivity index (χ3v) is 6.78. The average molecular weight is 431 g/mol. The van der Waals surface area contributed by atoms with E-state index in [1.165, 1.54) is 10.4 Å². The van der Waals surface area contributed by atoms with E-state index in [9.17, 15) is 18.0 Å². The van der Waals surface area contributed by atoms with Crippen molar-refractivity contribution in [2.75, 3.05) is 26.2 Å². The van der Waals surface area contributed by atoms with Crippen LogP contribution in [0.2, 0.25) is 5.02 Å². The molecule has 1 heterocycles. The van der Waals surface area contributed by atoms with Crippen LogP contribution in [0.4, 0.5) is 4.79 Å². The van der Waals surface area contributed by atoms with Crippen LogP contribution >= 0.6 is 11.6 Å². The quantitative estimate of drug-likeness (QED) is 0.756. The van der Waals surface area contributed by atoms with Crippen molar-refractivity contribution in [3.8, 4) is 0 Å². The summed E-state index contributed by atoms with van der Waals surface area (Å²) >= 11 is 6.04. The number of carbonyl (C=O) groups excluding carboxylic acids is 2. The fourth-order valence-corrected chi connectivity index (χ4v) is 4.79. The summed E-state index contributed by atoms with van der Waals surface area (Å²) in [6.45, 7) is 8.37. The third kappa shape index (κ3) is 5.66. The van der Waals surface area contributed by atoms with Gasteiger partial charge in [-0.25, -0.2) is 13.2 Å². The predicted octanol–water partition coefficient (Wildman–Crippen LogP) is 1.66. The summed E-state index contributed by atoms with van der Waals surface area (Å²) in [6, 6.07) is 5.22. The highest BCUT2D eigenvalue weighted by Crippen LogP contribution is 2.25. The van der Waals surface area contributed by atoms with E-state index in [0.717, 1.165) is 0 Å². The van der Waals surface area contributed by atoms with Gasteiger partial charge in [-0.2, -0.15) is 4.31 Å². The summed E-state index contributed by atoms with van der Waals surface area (Å²) in [5, 5.41) is 5.18. The van der Waals surface area contributed by atoms with E-state index in [2.05, 4.69) is 10.6 Å². The first-order valence-electron chi connectivity index (χ1n) is 9.03. The number of benzene rings is 1. The lowest BCUT2D eigenvalue weighted by Gasteiger charge is -2.36. The van der Waals surface area contributed by atoms with Gasteiger partial charge in [0.05, 0.1) is 11.1 Å². The molecule has 3 amide bonds.